The second kappa shape index (κ2) is 15.9. The van der Waals surface area contributed by atoms with Crippen molar-refractivity contribution in [1.82, 2.24) is 9.97 Å². The maximum atomic E-state index is 15.0. The van der Waals surface area contributed by atoms with E-state index in [4.69, 9.17) is 19.3 Å². The van der Waals surface area contributed by atoms with Crippen LogP contribution in [0.3, 0.4) is 0 Å². The maximum absolute atomic E-state index is 15.0. The lowest BCUT2D eigenvalue weighted by molar-refractivity contribution is -0.143. The summed E-state index contributed by atoms with van der Waals surface area (Å²) in [5, 5.41) is 8.85. The van der Waals surface area contributed by atoms with Crippen molar-refractivity contribution in [1.29, 1.82) is 0 Å². The molecule has 0 aliphatic rings. The number of anilines is 1. The fourth-order valence-corrected chi connectivity index (χ4v) is 5.42. The standard InChI is InChI=1S/C36H36F7N3O5/c1-20(2)27-14-29(32(50-5)15-30(27)37)28-9-21(3)31(49-4)12-23(28)19-46(34-44-16-26(17-45-34)51-8-6-7-33(47)48)18-22-10-24(35(38,39)40)13-25(11-22)36(41,42)43/h9-17,20H,6-8,18-19H2,1-5H3,(H,47,48). The molecule has 0 spiro atoms. The first-order valence-electron chi connectivity index (χ1n) is 15.7. The molecule has 0 saturated carbocycles. The van der Waals surface area contributed by atoms with Crippen molar-refractivity contribution >= 4 is 11.9 Å². The van der Waals surface area contributed by atoms with E-state index in [1.54, 1.807) is 25.1 Å². The SMILES string of the molecule is COc1cc(CN(Cc2cc(C(F)(F)F)cc(C(F)(F)F)c2)c2ncc(OCCCC(=O)O)cn2)c(-c2cc(C(C)C)c(F)cc2OC)cc1C. The van der Waals surface area contributed by atoms with Crippen molar-refractivity contribution in [2.45, 2.75) is 65.0 Å². The third kappa shape index (κ3) is 9.79. The summed E-state index contributed by atoms with van der Waals surface area (Å²) in [7, 11) is 2.82. The number of carboxylic acids is 1. The molecule has 0 aliphatic heterocycles. The van der Waals surface area contributed by atoms with Gasteiger partial charge in [-0.1, -0.05) is 13.8 Å². The average Bonchev–Trinajstić information content (AvgIpc) is 3.06. The maximum Gasteiger partial charge on any atom is 0.416 e. The highest BCUT2D eigenvalue weighted by molar-refractivity contribution is 5.76. The van der Waals surface area contributed by atoms with E-state index in [9.17, 15) is 31.1 Å². The minimum Gasteiger partial charge on any atom is -0.496 e. The Balaban J connectivity index is 1.87. The molecular formula is C36H36F7N3O5. The largest absolute Gasteiger partial charge is 0.496 e. The van der Waals surface area contributed by atoms with E-state index in [0.29, 0.717) is 45.7 Å². The second-order valence-corrected chi connectivity index (χ2v) is 12.0. The Labute approximate surface area is 289 Å². The highest BCUT2D eigenvalue weighted by Gasteiger charge is 2.37. The van der Waals surface area contributed by atoms with Gasteiger partial charge in [-0.3, -0.25) is 4.79 Å². The highest BCUT2D eigenvalue weighted by atomic mass is 19.4. The molecule has 0 fully saturated rings. The molecule has 1 heterocycles. The zero-order chi connectivity index (χ0) is 37.7. The molecule has 51 heavy (non-hydrogen) atoms. The Morgan fingerprint density at radius 1 is 0.843 bits per heavy atom. The quantitative estimate of drug-likeness (QED) is 0.102. The van der Waals surface area contributed by atoms with Crippen molar-refractivity contribution in [2.75, 3.05) is 25.7 Å². The first-order chi connectivity index (χ1) is 23.9. The van der Waals surface area contributed by atoms with Gasteiger partial charge < -0.3 is 24.2 Å². The van der Waals surface area contributed by atoms with E-state index >= 15 is 4.39 Å². The van der Waals surface area contributed by atoms with Gasteiger partial charge >= 0.3 is 18.3 Å². The lowest BCUT2D eigenvalue weighted by Crippen LogP contribution is -2.25. The molecule has 0 radical (unpaired) electrons. The number of halogens is 7. The number of aryl methyl sites for hydroxylation is 1. The smallest absolute Gasteiger partial charge is 0.416 e. The molecule has 1 aromatic heterocycles. The van der Waals surface area contributed by atoms with Crippen LogP contribution in [0, 0.1) is 12.7 Å². The van der Waals surface area contributed by atoms with Crippen LogP contribution in [-0.4, -0.2) is 41.9 Å². The Morgan fingerprint density at radius 2 is 1.45 bits per heavy atom. The summed E-state index contributed by atoms with van der Waals surface area (Å²) in [5.41, 5.74) is -0.680. The number of hydrogen-bond acceptors (Lipinski definition) is 7. The Morgan fingerprint density at radius 3 is 1.98 bits per heavy atom. The number of benzene rings is 3. The lowest BCUT2D eigenvalue weighted by atomic mass is 9.91. The predicted octanol–water partition coefficient (Wildman–Crippen LogP) is 9.22. The van der Waals surface area contributed by atoms with E-state index in [0.717, 1.165) is 0 Å². The van der Waals surface area contributed by atoms with Crippen LogP contribution in [0.5, 0.6) is 17.2 Å². The topological polar surface area (TPSA) is 94.0 Å². The Kier molecular flexibility index (Phi) is 12.0. The fraction of sp³-hybridized carbons (Fsp3) is 0.361. The zero-order valence-corrected chi connectivity index (χ0v) is 28.4. The minimum absolute atomic E-state index is 0.0353. The van der Waals surface area contributed by atoms with E-state index < -0.39 is 41.8 Å². The van der Waals surface area contributed by atoms with Crippen molar-refractivity contribution < 1.29 is 54.8 Å². The van der Waals surface area contributed by atoms with Gasteiger partial charge in [-0.05, 0) is 83.5 Å². The molecule has 1 N–H and O–H groups in total. The van der Waals surface area contributed by atoms with Crippen LogP contribution >= 0.6 is 0 Å². The van der Waals surface area contributed by atoms with Gasteiger partial charge in [-0.15, -0.1) is 0 Å². The first kappa shape index (κ1) is 38.7. The summed E-state index contributed by atoms with van der Waals surface area (Å²) < 4.78 is 114. The van der Waals surface area contributed by atoms with E-state index in [1.165, 1.54) is 37.6 Å². The molecular weight excluding hydrogens is 687 g/mol. The van der Waals surface area contributed by atoms with Gasteiger partial charge in [-0.2, -0.15) is 26.3 Å². The third-order valence-electron chi connectivity index (χ3n) is 7.93. The van der Waals surface area contributed by atoms with Crippen LogP contribution in [0.25, 0.3) is 11.1 Å². The average molecular weight is 724 g/mol. The second-order valence-electron chi connectivity index (χ2n) is 12.0. The number of methoxy groups -OCH3 is 2. The molecule has 0 unspecified atom stereocenters. The van der Waals surface area contributed by atoms with E-state index in [1.807, 2.05) is 13.8 Å². The predicted molar refractivity (Wildman–Crippen MR) is 174 cm³/mol. The first-order valence-corrected chi connectivity index (χ1v) is 15.7. The highest BCUT2D eigenvalue weighted by Crippen LogP contribution is 2.41. The van der Waals surface area contributed by atoms with Gasteiger partial charge in [0.1, 0.15) is 17.3 Å². The van der Waals surface area contributed by atoms with Crippen LogP contribution < -0.4 is 19.1 Å². The normalized spacial score (nSPS) is 11.9. The number of rotatable bonds is 14. The summed E-state index contributed by atoms with van der Waals surface area (Å²) in [6, 6.07) is 7.66. The van der Waals surface area contributed by atoms with Gasteiger partial charge in [0.25, 0.3) is 0 Å². The molecule has 274 valence electrons. The van der Waals surface area contributed by atoms with Crippen LogP contribution in [-0.2, 0) is 30.2 Å². The number of aliphatic carboxylic acids is 1. The van der Waals surface area contributed by atoms with Crippen LogP contribution in [0.1, 0.15) is 66.0 Å². The molecule has 0 bridgehead atoms. The van der Waals surface area contributed by atoms with Gasteiger partial charge in [0.2, 0.25) is 5.95 Å². The fourth-order valence-electron chi connectivity index (χ4n) is 5.42. The van der Waals surface area contributed by atoms with Gasteiger partial charge in [0, 0.05) is 31.1 Å². The van der Waals surface area contributed by atoms with Gasteiger partial charge in [0.15, 0.2) is 5.75 Å². The Bertz CT molecular complexity index is 1810. The summed E-state index contributed by atoms with van der Waals surface area (Å²) >= 11 is 0. The number of nitrogens with zero attached hydrogens (tertiary/aromatic N) is 3. The number of aromatic nitrogens is 2. The molecule has 0 atom stereocenters. The number of carboxylic acid groups (broad SMARTS) is 1. The molecule has 0 amide bonds. The molecule has 4 aromatic rings. The molecule has 0 aliphatic carbocycles. The molecule has 0 saturated heterocycles. The van der Waals surface area contributed by atoms with E-state index in [2.05, 4.69) is 9.97 Å². The number of hydrogen-bond donors (Lipinski definition) is 1. The van der Waals surface area contributed by atoms with Gasteiger partial charge in [-0.25, -0.2) is 14.4 Å². The van der Waals surface area contributed by atoms with Crippen molar-refractivity contribution in [3.8, 4) is 28.4 Å². The van der Waals surface area contributed by atoms with Gasteiger partial charge in [0.05, 0.1) is 44.3 Å². The van der Waals surface area contributed by atoms with Crippen molar-refractivity contribution in [2.24, 2.45) is 0 Å². The van der Waals surface area contributed by atoms with Crippen LogP contribution in [0.4, 0.5) is 36.7 Å². The summed E-state index contributed by atoms with van der Waals surface area (Å²) in [5.74, 6) is -0.977. The van der Waals surface area contributed by atoms with Crippen LogP contribution in [0.2, 0.25) is 0 Å². The summed E-state index contributed by atoms with van der Waals surface area (Å²) in [6.07, 6.45) is -7.55. The molecule has 8 nitrogen and oxygen atoms in total. The zero-order valence-electron chi connectivity index (χ0n) is 28.4. The number of alkyl halides is 6. The van der Waals surface area contributed by atoms with Crippen molar-refractivity contribution in [3.05, 3.63) is 94.1 Å². The number of carbonyl (C=O) groups is 1. The third-order valence-corrected chi connectivity index (χ3v) is 7.93. The summed E-state index contributed by atoms with van der Waals surface area (Å²) in [4.78, 5) is 20.8. The lowest BCUT2D eigenvalue weighted by Gasteiger charge is -2.26. The van der Waals surface area contributed by atoms with E-state index in [-0.39, 0.29) is 61.0 Å². The molecule has 3 aromatic carbocycles. The molecule has 4 rings (SSSR count). The Hall–Kier alpha value is -5.08. The van der Waals surface area contributed by atoms with Crippen LogP contribution in [0.15, 0.2) is 54.9 Å². The minimum atomic E-state index is -5.07. The van der Waals surface area contributed by atoms with Crippen molar-refractivity contribution in [3.63, 3.8) is 0 Å². The number of ether oxygens (including phenoxy) is 3. The monoisotopic (exact) mass is 723 g/mol. The molecule has 15 heteroatoms. The summed E-state index contributed by atoms with van der Waals surface area (Å²) in [6.45, 7) is 4.78.